The highest BCUT2D eigenvalue weighted by Crippen LogP contribution is 2.26. The van der Waals surface area contributed by atoms with Gasteiger partial charge in [0.25, 0.3) is 11.5 Å². The van der Waals surface area contributed by atoms with Gasteiger partial charge in [-0.3, -0.25) is 19.3 Å². The van der Waals surface area contributed by atoms with Crippen molar-refractivity contribution in [3.05, 3.63) is 94.4 Å². The van der Waals surface area contributed by atoms with Gasteiger partial charge in [-0.2, -0.15) is 5.10 Å². The van der Waals surface area contributed by atoms with Crippen molar-refractivity contribution in [1.29, 1.82) is 0 Å². The van der Waals surface area contributed by atoms with Crippen LogP contribution < -0.4 is 10.9 Å². The maximum absolute atomic E-state index is 13.3. The van der Waals surface area contributed by atoms with Crippen LogP contribution >= 0.6 is 0 Å². The zero-order valence-corrected chi connectivity index (χ0v) is 18.4. The van der Waals surface area contributed by atoms with Gasteiger partial charge in [-0.05, 0) is 60.5 Å². The van der Waals surface area contributed by atoms with E-state index in [9.17, 15) is 14.0 Å². The molecule has 2 N–H and O–H groups in total. The van der Waals surface area contributed by atoms with Gasteiger partial charge in [-0.1, -0.05) is 13.8 Å². The number of pyridine rings is 2. The fraction of sp³-hybridized carbons (Fsp3) is 0.200. The summed E-state index contributed by atoms with van der Waals surface area (Å²) in [4.78, 5) is 31.7. The monoisotopic (exact) mass is 445 g/mol. The predicted molar refractivity (Wildman–Crippen MR) is 124 cm³/mol. The molecular weight excluding hydrogens is 421 g/mol. The van der Waals surface area contributed by atoms with Gasteiger partial charge in [0.15, 0.2) is 0 Å². The number of halogens is 1. The van der Waals surface area contributed by atoms with Crippen LogP contribution in [0.25, 0.3) is 22.5 Å². The molecule has 4 aromatic rings. The largest absolute Gasteiger partial charge is 0.350 e. The van der Waals surface area contributed by atoms with E-state index in [4.69, 9.17) is 0 Å². The van der Waals surface area contributed by atoms with Crippen molar-refractivity contribution in [2.75, 3.05) is 6.54 Å². The minimum atomic E-state index is -0.444. The molecule has 0 spiro atoms. The van der Waals surface area contributed by atoms with Crippen molar-refractivity contribution in [3.8, 4) is 22.5 Å². The molecule has 0 saturated carbocycles. The summed E-state index contributed by atoms with van der Waals surface area (Å²) in [5, 5.41) is 7.44. The Morgan fingerprint density at radius 3 is 2.58 bits per heavy atom. The summed E-state index contributed by atoms with van der Waals surface area (Å²) >= 11 is 0. The molecule has 0 saturated heterocycles. The summed E-state index contributed by atoms with van der Waals surface area (Å²) in [5.41, 5.74) is 3.58. The van der Waals surface area contributed by atoms with Crippen LogP contribution in [0.1, 0.15) is 35.8 Å². The highest BCUT2D eigenvalue weighted by atomic mass is 19.1. The zero-order chi connectivity index (χ0) is 23.4. The third-order valence-electron chi connectivity index (χ3n) is 5.29. The molecule has 0 radical (unpaired) electrons. The minimum absolute atomic E-state index is 0.0688. The number of rotatable bonds is 7. The van der Waals surface area contributed by atoms with Gasteiger partial charge in [0.1, 0.15) is 11.4 Å². The van der Waals surface area contributed by atoms with Crippen LogP contribution in [0, 0.1) is 5.82 Å². The van der Waals surface area contributed by atoms with E-state index < -0.39 is 11.5 Å². The van der Waals surface area contributed by atoms with Gasteiger partial charge < -0.3 is 10.3 Å². The number of nitrogens with one attached hydrogen (secondary N) is 2. The average Bonchev–Trinajstić information content (AvgIpc) is 3.24. The van der Waals surface area contributed by atoms with Gasteiger partial charge in [0.05, 0.1) is 17.9 Å². The van der Waals surface area contributed by atoms with Crippen molar-refractivity contribution in [3.63, 3.8) is 0 Å². The lowest BCUT2D eigenvalue weighted by Crippen LogP contribution is -2.32. The van der Waals surface area contributed by atoms with E-state index in [1.165, 1.54) is 12.1 Å². The molecule has 8 heteroatoms. The van der Waals surface area contributed by atoms with Crippen LogP contribution in [0.5, 0.6) is 0 Å². The maximum atomic E-state index is 13.3. The molecule has 1 aromatic carbocycles. The van der Waals surface area contributed by atoms with E-state index in [1.54, 1.807) is 41.3 Å². The molecule has 7 nitrogen and oxygen atoms in total. The van der Waals surface area contributed by atoms with E-state index in [0.717, 1.165) is 22.5 Å². The first-order chi connectivity index (χ1) is 15.9. The lowest BCUT2D eigenvalue weighted by molar-refractivity contribution is 0.0950. The number of aromatic nitrogens is 4. The molecule has 0 atom stereocenters. The Labute approximate surface area is 190 Å². The summed E-state index contributed by atoms with van der Waals surface area (Å²) in [6.45, 7) is 4.57. The van der Waals surface area contributed by atoms with E-state index in [1.807, 2.05) is 32.0 Å². The van der Waals surface area contributed by atoms with Crippen molar-refractivity contribution in [2.24, 2.45) is 0 Å². The van der Waals surface area contributed by atoms with Crippen molar-refractivity contribution < 1.29 is 9.18 Å². The number of carbonyl (C=O) groups is 1. The lowest BCUT2D eigenvalue weighted by atomic mass is 10.1. The number of hydrogen-bond donors (Lipinski definition) is 2. The molecule has 0 aliphatic heterocycles. The SMILES string of the molecule is CC(C)c1ccc(C(=O)NCCn2nc(-c3ccc(F)cc3)cc2-c2cccnc2)c(=O)[nH]1. The Morgan fingerprint density at radius 1 is 1.12 bits per heavy atom. The van der Waals surface area contributed by atoms with Crippen LogP contribution in [0.4, 0.5) is 4.39 Å². The summed E-state index contributed by atoms with van der Waals surface area (Å²) < 4.78 is 15.1. The molecule has 0 bridgehead atoms. The summed E-state index contributed by atoms with van der Waals surface area (Å²) in [6, 6.07) is 15.1. The van der Waals surface area contributed by atoms with Crippen molar-refractivity contribution in [2.45, 2.75) is 26.3 Å². The number of amides is 1. The fourth-order valence-electron chi connectivity index (χ4n) is 3.47. The minimum Gasteiger partial charge on any atom is -0.350 e. The van der Waals surface area contributed by atoms with Crippen LogP contribution in [0.3, 0.4) is 0 Å². The number of H-pyrrole nitrogens is 1. The predicted octanol–water partition coefficient (Wildman–Crippen LogP) is 3.99. The summed E-state index contributed by atoms with van der Waals surface area (Å²) in [7, 11) is 0. The molecule has 3 aromatic heterocycles. The van der Waals surface area contributed by atoms with Crippen LogP contribution in [0.2, 0.25) is 0 Å². The molecule has 3 heterocycles. The van der Waals surface area contributed by atoms with Gasteiger partial charge in [-0.15, -0.1) is 0 Å². The average molecular weight is 445 g/mol. The number of aromatic amines is 1. The first-order valence-corrected chi connectivity index (χ1v) is 10.7. The summed E-state index contributed by atoms with van der Waals surface area (Å²) in [6.07, 6.45) is 3.42. The lowest BCUT2D eigenvalue weighted by Gasteiger charge is -2.10. The van der Waals surface area contributed by atoms with Crippen molar-refractivity contribution in [1.82, 2.24) is 25.1 Å². The number of nitrogens with zero attached hydrogens (tertiary/aromatic N) is 3. The topological polar surface area (TPSA) is 92.7 Å². The molecule has 0 unspecified atom stereocenters. The highest BCUT2D eigenvalue weighted by molar-refractivity contribution is 5.93. The molecule has 0 aliphatic carbocycles. The van der Waals surface area contributed by atoms with Gasteiger partial charge in [0, 0.05) is 35.8 Å². The fourth-order valence-corrected chi connectivity index (χ4v) is 3.47. The standard InChI is InChI=1S/C25H24FN5O2/c1-16(2)21-10-9-20(25(33)29-21)24(32)28-12-13-31-23(18-4-3-11-27-15-18)14-22(30-31)17-5-7-19(26)8-6-17/h3-11,14-16H,12-13H2,1-2H3,(H,28,32)(H,29,33). The second-order valence-corrected chi connectivity index (χ2v) is 7.95. The molecule has 168 valence electrons. The van der Waals surface area contributed by atoms with E-state index >= 15 is 0 Å². The van der Waals surface area contributed by atoms with Crippen LogP contribution in [-0.4, -0.2) is 32.2 Å². The highest BCUT2D eigenvalue weighted by Gasteiger charge is 2.14. The number of benzene rings is 1. The quantitative estimate of drug-likeness (QED) is 0.450. The molecule has 0 fully saturated rings. The first-order valence-electron chi connectivity index (χ1n) is 10.7. The Hall–Kier alpha value is -4.07. The molecule has 1 amide bonds. The second kappa shape index (κ2) is 9.60. The van der Waals surface area contributed by atoms with E-state index in [0.29, 0.717) is 12.2 Å². The van der Waals surface area contributed by atoms with E-state index in [-0.39, 0.29) is 23.8 Å². The smallest absolute Gasteiger partial charge is 0.261 e. The second-order valence-electron chi connectivity index (χ2n) is 7.95. The Balaban J connectivity index is 1.53. The normalized spacial score (nSPS) is 11.0. The van der Waals surface area contributed by atoms with Crippen LogP contribution in [-0.2, 0) is 6.54 Å². The molecule has 33 heavy (non-hydrogen) atoms. The summed E-state index contributed by atoms with van der Waals surface area (Å²) in [5.74, 6) is -0.596. The van der Waals surface area contributed by atoms with Gasteiger partial charge in [-0.25, -0.2) is 4.39 Å². The van der Waals surface area contributed by atoms with Gasteiger partial charge in [0.2, 0.25) is 0 Å². The Bertz CT molecular complexity index is 1310. The first kappa shape index (κ1) is 22.1. The Morgan fingerprint density at radius 2 is 1.91 bits per heavy atom. The van der Waals surface area contributed by atoms with E-state index in [2.05, 4.69) is 20.4 Å². The zero-order valence-electron chi connectivity index (χ0n) is 18.4. The third kappa shape index (κ3) is 5.06. The molecule has 4 rings (SSSR count). The number of carbonyl (C=O) groups excluding carboxylic acids is 1. The maximum Gasteiger partial charge on any atom is 0.261 e. The Kier molecular flexibility index (Phi) is 6.44. The molecular formula is C25H24FN5O2. The number of hydrogen-bond acceptors (Lipinski definition) is 4. The third-order valence-corrected chi connectivity index (χ3v) is 5.29. The van der Waals surface area contributed by atoms with Crippen molar-refractivity contribution >= 4 is 5.91 Å². The molecule has 0 aliphatic rings. The van der Waals surface area contributed by atoms with Gasteiger partial charge >= 0.3 is 0 Å². The van der Waals surface area contributed by atoms with Crippen LogP contribution in [0.15, 0.2) is 71.8 Å².